The molecule has 0 aliphatic heterocycles. The first-order chi connectivity index (χ1) is 16.9. The van der Waals surface area contributed by atoms with Crippen molar-refractivity contribution in [2.45, 2.75) is 14.7 Å². The van der Waals surface area contributed by atoms with Crippen molar-refractivity contribution in [2.24, 2.45) is 0 Å². The van der Waals surface area contributed by atoms with Gasteiger partial charge in [-0.15, -0.1) is 9.93 Å². The lowest BCUT2D eigenvalue weighted by Gasteiger charge is -2.25. The molecule has 0 saturated heterocycles. The molecule has 2 heteroatoms. The molecule has 0 aliphatic carbocycles. The molecule has 163 valence electrons. The Hall–Kier alpha value is -3.46. The van der Waals surface area contributed by atoms with Crippen molar-refractivity contribution in [1.29, 1.82) is 0 Å². The number of rotatable bonds is 5. The molecule has 0 bridgehead atoms. The van der Waals surface area contributed by atoms with Gasteiger partial charge in [-0.3, -0.25) is 0 Å². The molecule has 0 atom stereocenters. The van der Waals surface area contributed by atoms with E-state index in [1.54, 1.807) is 0 Å². The smallest absolute Gasteiger partial charge is 0.0172 e. The fourth-order valence-electron chi connectivity index (χ4n) is 4.39. The molecule has 1 radical (unpaired) electrons. The average molecular weight is 472 g/mol. The minimum absolute atomic E-state index is 0.679. The van der Waals surface area contributed by atoms with Gasteiger partial charge in [-0.2, -0.15) is 0 Å². The molecule has 0 amide bonds. The van der Waals surface area contributed by atoms with Crippen LogP contribution in [0.25, 0.3) is 32.7 Å². The number of hydrogen-bond donors (Lipinski definition) is 1. The van der Waals surface area contributed by atoms with Gasteiger partial charge in [0.15, 0.2) is 0 Å². The lowest BCUT2D eigenvalue weighted by molar-refractivity contribution is 1.46. The van der Waals surface area contributed by atoms with E-state index in [2.05, 4.69) is 127 Å². The van der Waals surface area contributed by atoms with E-state index in [4.69, 9.17) is 0 Å². The lowest BCUT2D eigenvalue weighted by Crippen LogP contribution is -1.88. The molecule has 0 fully saturated rings. The Morgan fingerprint density at radius 2 is 0.971 bits per heavy atom. The molecule has 6 aromatic rings. The zero-order valence-corrected chi connectivity index (χ0v) is 20.3. The first kappa shape index (κ1) is 21.1. The molecule has 0 aliphatic rings. The summed E-state index contributed by atoms with van der Waals surface area (Å²) >= 11 is 0. The van der Waals surface area contributed by atoms with Crippen LogP contribution in [0.15, 0.2) is 148 Å². The van der Waals surface area contributed by atoms with Gasteiger partial charge in [0.2, 0.25) is 0 Å². The molecule has 0 aromatic heterocycles. The van der Waals surface area contributed by atoms with E-state index in [1.165, 1.54) is 47.4 Å². The van der Waals surface area contributed by atoms with Crippen LogP contribution in [0.2, 0.25) is 0 Å². The topological polar surface area (TPSA) is 0 Å². The van der Waals surface area contributed by atoms with Crippen LogP contribution in [0.4, 0.5) is 0 Å². The highest BCUT2D eigenvalue weighted by atomic mass is 33.1. The Bertz CT molecular complexity index is 1480. The Morgan fingerprint density at radius 3 is 1.56 bits per heavy atom. The third-order valence-electron chi connectivity index (χ3n) is 6.07. The Morgan fingerprint density at radius 1 is 0.471 bits per heavy atom. The average Bonchev–Trinajstić information content (AvgIpc) is 2.92. The summed E-state index contributed by atoms with van der Waals surface area (Å²) in [5.74, 6) is 0. The maximum atomic E-state index is 3.10. The normalized spacial score (nSPS) is 11.6. The predicted molar refractivity (Wildman–Crippen MR) is 150 cm³/mol. The lowest BCUT2D eigenvalue weighted by atomic mass is 10.1. The summed E-state index contributed by atoms with van der Waals surface area (Å²) in [6, 6.07) is 51.2. The standard InChI is InChI=1S/C32H23S2/c1-2-10-24(11-3-1)25-20-22-28(23-21-25)33-34(31-18-8-14-26-12-4-6-16-29(26)31)32-19-9-15-27-13-5-7-17-30(27)32/h2-23,34H. The summed E-state index contributed by atoms with van der Waals surface area (Å²) in [5, 5.41) is 5.27. The van der Waals surface area contributed by atoms with Gasteiger partial charge in [0.25, 0.3) is 0 Å². The van der Waals surface area contributed by atoms with Crippen molar-refractivity contribution in [3.05, 3.63) is 140 Å². The van der Waals surface area contributed by atoms with Crippen molar-refractivity contribution in [2.75, 3.05) is 0 Å². The fraction of sp³-hybridized carbons (Fsp3) is 0. The molecule has 6 rings (SSSR count). The zero-order valence-electron chi connectivity index (χ0n) is 18.6. The molecule has 34 heavy (non-hydrogen) atoms. The molecular weight excluding hydrogens is 448 g/mol. The molecule has 0 N–H and O–H groups in total. The zero-order chi connectivity index (χ0) is 22.7. The second kappa shape index (κ2) is 9.42. The first-order valence-corrected chi connectivity index (χ1v) is 14.1. The van der Waals surface area contributed by atoms with E-state index < -0.39 is 9.93 Å². The van der Waals surface area contributed by atoms with E-state index in [-0.39, 0.29) is 0 Å². The highest BCUT2D eigenvalue weighted by Gasteiger charge is 2.17. The van der Waals surface area contributed by atoms with E-state index in [1.807, 2.05) is 22.9 Å². The van der Waals surface area contributed by atoms with Crippen molar-refractivity contribution in [3.63, 3.8) is 0 Å². The monoisotopic (exact) mass is 471 g/mol. The van der Waals surface area contributed by atoms with Crippen molar-refractivity contribution in [1.82, 2.24) is 0 Å². The Kier molecular flexibility index (Phi) is 5.85. The van der Waals surface area contributed by atoms with Crippen molar-refractivity contribution < 1.29 is 0 Å². The van der Waals surface area contributed by atoms with Crippen LogP contribution in [0.1, 0.15) is 0 Å². The largest absolute Gasteiger partial charge is 0.145 e. The van der Waals surface area contributed by atoms with Gasteiger partial charge in [0.05, 0.1) is 0 Å². The number of fused-ring (bicyclic) bond motifs is 2. The van der Waals surface area contributed by atoms with E-state index in [0.29, 0.717) is 0 Å². The summed E-state index contributed by atoms with van der Waals surface area (Å²) in [5.41, 5.74) is 2.46. The molecule has 0 nitrogen and oxygen atoms in total. The minimum atomic E-state index is -0.679. The molecular formula is C32H23S2. The molecule has 0 spiro atoms. The number of hydrogen-bond acceptors (Lipinski definition) is 1. The van der Waals surface area contributed by atoms with Gasteiger partial charge in [0, 0.05) is 14.7 Å². The van der Waals surface area contributed by atoms with Gasteiger partial charge in [-0.25, -0.2) is 0 Å². The number of thiol groups is 1. The van der Waals surface area contributed by atoms with Crippen LogP contribution in [0, 0.1) is 6.07 Å². The Balaban J connectivity index is 1.48. The molecule has 0 saturated carbocycles. The van der Waals surface area contributed by atoms with Gasteiger partial charge >= 0.3 is 0 Å². The van der Waals surface area contributed by atoms with E-state index in [9.17, 15) is 0 Å². The molecule has 6 aromatic carbocycles. The summed E-state index contributed by atoms with van der Waals surface area (Å²) in [6.07, 6.45) is 0. The minimum Gasteiger partial charge on any atom is -0.145 e. The van der Waals surface area contributed by atoms with Crippen molar-refractivity contribution in [3.8, 4) is 11.1 Å². The Labute approximate surface area is 207 Å². The summed E-state index contributed by atoms with van der Waals surface area (Å²) in [4.78, 5) is 4.12. The first-order valence-electron chi connectivity index (χ1n) is 11.4. The van der Waals surface area contributed by atoms with Crippen LogP contribution >= 0.6 is 20.7 Å². The van der Waals surface area contributed by atoms with Crippen molar-refractivity contribution >= 4 is 42.3 Å². The second-order valence-electron chi connectivity index (χ2n) is 8.20. The maximum Gasteiger partial charge on any atom is 0.0172 e. The van der Waals surface area contributed by atoms with Gasteiger partial charge in [-0.05, 0) is 63.0 Å². The van der Waals surface area contributed by atoms with Crippen LogP contribution in [-0.4, -0.2) is 0 Å². The van der Waals surface area contributed by atoms with Crippen LogP contribution in [0.3, 0.4) is 0 Å². The predicted octanol–water partition coefficient (Wildman–Crippen LogP) is 9.59. The van der Waals surface area contributed by atoms with Crippen LogP contribution in [-0.2, 0) is 0 Å². The van der Waals surface area contributed by atoms with Gasteiger partial charge < -0.3 is 0 Å². The molecule has 0 heterocycles. The maximum absolute atomic E-state index is 3.10. The summed E-state index contributed by atoms with van der Waals surface area (Å²) < 4.78 is 0. The van der Waals surface area contributed by atoms with Crippen LogP contribution in [0.5, 0.6) is 0 Å². The molecule has 0 unspecified atom stereocenters. The summed E-state index contributed by atoms with van der Waals surface area (Å²) in [6.45, 7) is 0. The van der Waals surface area contributed by atoms with E-state index in [0.717, 1.165) is 0 Å². The highest BCUT2D eigenvalue weighted by Crippen LogP contribution is 2.60. The van der Waals surface area contributed by atoms with E-state index >= 15 is 0 Å². The number of benzene rings is 6. The van der Waals surface area contributed by atoms with Gasteiger partial charge in [-0.1, -0.05) is 120 Å². The fourth-order valence-corrected chi connectivity index (χ4v) is 9.15. The second-order valence-corrected chi connectivity index (χ2v) is 12.0. The van der Waals surface area contributed by atoms with Crippen LogP contribution < -0.4 is 0 Å². The third kappa shape index (κ3) is 4.11. The summed E-state index contributed by atoms with van der Waals surface area (Å²) in [7, 11) is 1.31. The van der Waals surface area contributed by atoms with Gasteiger partial charge in [0.1, 0.15) is 0 Å². The SMILES string of the molecule is [c]1ccc(-c2ccc(S[SH](c3cccc4ccccc34)c3cccc4ccccc34)cc2)cc1. The highest BCUT2D eigenvalue weighted by molar-refractivity contribution is 8.85. The third-order valence-corrected chi connectivity index (χ3v) is 10.8. The quantitative estimate of drug-likeness (QED) is 0.193.